The molecule has 9 heteroatoms. The van der Waals surface area contributed by atoms with E-state index < -0.39 is 23.9 Å². The molecule has 0 aliphatic rings. The summed E-state index contributed by atoms with van der Waals surface area (Å²) in [6, 6.07) is 0. The second-order valence-electron chi connectivity index (χ2n) is 8.15. The zero-order valence-corrected chi connectivity index (χ0v) is 24.7. The number of hydrogen-bond acceptors (Lipinski definition) is 8. The van der Waals surface area contributed by atoms with Crippen LogP contribution in [0.15, 0.2) is 23.3 Å². The Morgan fingerprint density at radius 2 is 0.829 bits per heavy atom. The monoisotopic (exact) mass is 602 g/mol. The minimum atomic E-state index is -1.53. The third kappa shape index (κ3) is 36.9. The van der Waals surface area contributed by atoms with Gasteiger partial charge in [-0.25, -0.2) is 0 Å². The van der Waals surface area contributed by atoms with Gasteiger partial charge in [-0.2, -0.15) is 0 Å². The average Bonchev–Trinajstić information content (AvgIpc) is 2.77. The summed E-state index contributed by atoms with van der Waals surface area (Å²) in [7, 11) is 0. The molecule has 0 aliphatic carbocycles. The Bertz CT molecular complexity index is 587. The summed E-state index contributed by atoms with van der Waals surface area (Å²) in [6.45, 7) is 6.83. The van der Waals surface area contributed by atoms with Gasteiger partial charge < -0.3 is 39.6 Å². The third-order valence-electron chi connectivity index (χ3n) is 4.73. The van der Waals surface area contributed by atoms with Crippen LogP contribution in [0.1, 0.15) is 105 Å². The summed E-state index contributed by atoms with van der Waals surface area (Å²) >= 11 is 0.0736. The maximum absolute atomic E-state index is 9.76. The van der Waals surface area contributed by atoms with E-state index in [2.05, 4.69) is 13.8 Å². The van der Waals surface area contributed by atoms with Crippen molar-refractivity contribution in [1.29, 1.82) is 0 Å². The van der Waals surface area contributed by atoms with Gasteiger partial charge in [0, 0.05) is 0 Å². The van der Waals surface area contributed by atoms with Gasteiger partial charge in [0.1, 0.15) is 0 Å². The molecule has 0 aromatic rings. The Hall–Kier alpha value is -1.84. The molecular formula is C26H42O8Sn. The van der Waals surface area contributed by atoms with Crippen molar-refractivity contribution in [3.63, 3.8) is 0 Å². The molecule has 0 heterocycles. The van der Waals surface area contributed by atoms with Gasteiger partial charge in [-0.3, -0.25) is 0 Å². The summed E-state index contributed by atoms with van der Waals surface area (Å²) in [5.74, 6) is -6.06. The normalized spacial score (nSPS) is 11.0. The summed E-state index contributed by atoms with van der Waals surface area (Å²) in [4.78, 5) is 38.8. The van der Waals surface area contributed by atoms with Gasteiger partial charge >= 0.3 is 121 Å². The van der Waals surface area contributed by atoms with Crippen LogP contribution < -0.4 is 20.4 Å². The van der Waals surface area contributed by atoms with E-state index in [0.29, 0.717) is 12.2 Å². The van der Waals surface area contributed by atoms with Crippen LogP contribution in [0.3, 0.4) is 0 Å². The van der Waals surface area contributed by atoms with Gasteiger partial charge in [0.25, 0.3) is 0 Å². The standard InChI is InChI=1S/2C8H17.2C5H6O4.Sn/c2*1-3-5-7-8-6-4-2;2*1-3(5(8)9)2-4(6)7;/h2*1,3-8H2,2H3;2*2H,1H3,(H,6,7)(H,8,9);/q;;;;+4/p-4/b;;2*3-2-;. The van der Waals surface area contributed by atoms with Gasteiger partial charge in [0.2, 0.25) is 0 Å². The van der Waals surface area contributed by atoms with Crippen LogP contribution in [0.25, 0.3) is 0 Å². The molecule has 0 saturated heterocycles. The van der Waals surface area contributed by atoms with Crippen molar-refractivity contribution in [3.05, 3.63) is 23.3 Å². The minimum absolute atomic E-state index is 0.0736. The number of unbranched alkanes of at least 4 members (excludes halogenated alkanes) is 10. The predicted octanol–water partition coefficient (Wildman–Crippen LogP) is 1.11. The van der Waals surface area contributed by atoms with Gasteiger partial charge in [0.05, 0.1) is 23.9 Å². The van der Waals surface area contributed by atoms with Gasteiger partial charge in [-0.15, -0.1) is 0 Å². The van der Waals surface area contributed by atoms with E-state index in [-0.39, 0.29) is 32.3 Å². The Kier molecular flexibility index (Phi) is 30.6. The second kappa shape index (κ2) is 28.4. The Morgan fingerprint density at radius 3 is 1.06 bits per heavy atom. The Labute approximate surface area is 221 Å². The first-order valence-electron chi connectivity index (χ1n) is 12.4. The van der Waals surface area contributed by atoms with Gasteiger partial charge in [0.15, 0.2) is 0 Å². The SMILES string of the molecule is C/C(=C/C(=O)[O-])C(=O)[O-].C/C(=C/C(=O)[O-])C(=O)[O-].CCCCCCC[CH2][Sn+4][CH2]CCCCCCC. The number of carbonyl (C=O) groups excluding carboxylic acids is 4. The maximum atomic E-state index is 9.76. The number of carboxylic acids is 4. The molecule has 6 radical (unpaired) electrons. The van der Waals surface area contributed by atoms with Crippen LogP contribution in [0, 0.1) is 0 Å². The van der Waals surface area contributed by atoms with Crippen molar-refractivity contribution >= 4 is 45.0 Å². The quantitative estimate of drug-likeness (QED) is 0.128. The molecular weight excluding hydrogens is 559 g/mol. The summed E-state index contributed by atoms with van der Waals surface area (Å²) in [6.07, 6.45) is 18.8. The Balaban J connectivity index is -0.000000481. The number of carbonyl (C=O) groups is 4. The number of rotatable bonds is 18. The van der Waals surface area contributed by atoms with Crippen molar-refractivity contribution in [2.45, 2.75) is 114 Å². The molecule has 0 unspecified atom stereocenters. The first kappa shape index (κ1) is 37.7. The van der Waals surface area contributed by atoms with Crippen molar-refractivity contribution in [3.8, 4) is 0 Å². The molecule has 8 nitrogen and oxygen atoms in total. The van der Waals surface area contributed by atoms with E-state index in [1.165, 1.54) is 64.2 Å². The van der Waals surface area contributed by atoms with Crippen LogP contribution in [0.2, 0.25) is 8.87 Å². The number of hydrogen-bond donors (Lipinski definition) is 0. The predicted molar refractivity (Wildman–Crippen MR) is 130 cm³/mol. The number of carboxylic acid groups (broad SMARTS) is 4. The zero-order valence-electron chi connectivity index (χ0n) is 21.8. The van der Waals surface area contributed by atoms with Crippen LogP contribution in [-0.2, 0) is 19.2 Å². The van der Waals surface area contributed by atoms with E-state index in [0.717, 1.165) is 13.8 Å². The van der Waals surface area contributed by atoms with Crippen molar-refractivity contribution in [2.24, 2.45) is 0 Å². The molecule has 0 rings (SSSR count). The molecule has 0 aromatic carbocycles. The van der Waals surface area contributed by atoms with E-state index in [1.54, 1.807) is 21.7 Å². The van der Waals surface area contributed by atoms with Crippen LogP contribution in [0.5, 0.6) is 0 Å². The first-order chi connectivity index (χ1) is 16.5. The van der Waals surface area contributed by atoms with E-state index >= 15 is 0 Å². The Morgan fingerprint density at radius 1 is 0.543 bits per heavy atom. The van der Waals surface area contributed by atoms with Crippen LogP contribution in [0.4, 0.5) is 0 Å². The molecule has 0 atom stereocenters. The molecule has 198 valence electrons. The summed E-state index contributed by atoms with van der Waals surface area (Å²) < 4.78 is 3.31. The summed E-state index contributed by atoms with van der Waals surface area (Å²) in [5, 5.41) is 38.8. The van der Waals surface area contributed by atoms with Crippen LogP contribution >= 0.6 is 0 Å². The molecule has 0 spiro atoms. The molecule has 0 N–H and O–H groups in total. The molecule has 0 aliphatic heterocycles. The fraction of sp³-hybridized carbons (Fsp3) is 0.692. The first-order valence-corrected chi connectivity index (χ1v) is 16.4. The number of aliphatic carboxylic acids is 4. The third-order valence-corrected chi connectivity index (χ3v) is 8.76. The van der Waals surface area contributed by atoms with E-state index in [4.69, 9.17) is 0 Å². The molecule has 0 amide bonds. The molecule has 0 fully saturated rings. The molecule has 35 heavy (non-hydrogen) atoms. The van der Waals surface area contributed by atoms with Gasteiger partial charge in [-0.1, -0.05) is 0 Å². The topological polar surface area (TPSA) is 161 Å². The fourth-order valence-electron chi connectivity index (χ4n) is 2.66. The van der Waals surface area contributed by atoms with Crippen LogP contribution in [-0.4, -0.2) is 45.0 Å². The molecule has 0 saturated carbocycles. The fourth-order valence-corrected chi connectivity index (χ4v) is 6.22. The zero-order chi connectivity index (χ0) is 27.5. The second-order valence-corrected chi connectivity index (χ2v) is 12.4. The van der Waals surface area contributed by atoms with Crippen molar-refractivity contribution in [1.82, 2.24) is 0 Å². The van der Waals surface area contributed by atoms with E-state index in [1.807, 2.05) is 0 Å². The molecule has 0 bridgehead atoms. The van der Waals surface area contributed by atoms with Crippen molar-refractivity contribution in [2.75, 3.05) is 0 Å². The molecule has 0 aromatic heterocycles. The van der Waals surface area contributed by atoms with E-state index in [9.17, 15) is 39.6 Å². The summed E-state index contributed by atoms with van der Waals surface area (Å²) in [5.41, 5.74) is -0.704. The van der Waals surface area contributed by atoms with Crippen molar-refractivity contribution < 1.29 is 39.6 Å². The van der Waals surface area contributed by atoms with Gasteiger partial charge in [-0.05, 0) is 37.1 Å². The average molecular weight is 601 g/mol.